The Balaban J connectivity index is 1.70. The molecule has 0 aromatic rings. The van der Waals surface area contributed by atoms with Crippen molar-refractivity contribution in [3.05, 3.63) is 23.8 Å². The molecule has 0 saturated heterocycles. The first-order valence-corrected chi connectivity index (χ1v) is 12.4. The average molecular weight is 383 g/mol. The van der Waals surface area contributed by atoms with Crippen molar-refractivity contribution >= 4 is 0 Å². The van der Waals surface area contributed by atoms with Gasteiger partial charge in [-0.3, -0.25) is 0 Å². The third-order valence-corrected chi connectivity index (χ3v) is 11.1. The van der Waals surface area contributed by atoms with E-state index >= 15 is 0 Å². The highest BCUT2D eigenvalue weighted by Gasteiger charge is 2.65. The summed E-state index contributed by atoms with van der Waals surface area (Å²) >= 11 is 0. The van der Waals surface area contributed by atoms with E-state index < -0.39 is 0 Å². The van der Waals surface area contributed by atoms with E-state index in [4.69, 9.17) is 0 Å². The van der Waals surface area contributed by atoms with Crippen LogP contribution in [0, 0.1) is 39.4 Å². The summed E-state index contributed by atoms with van der Waals surface area (Å²) in [5.74, 6) is 2.62. The maximum Gasteiger partial charge on any atom is -0.00539 e. The molecular formula is C28H46. The molecule has 0 bridgehead atoms. The molecule has 0 radical (unpaired) electrons. The molecule has 28 heavy (non-hydrogen) atoms. The average Bonchev–Trinajstić information content (AvgIpc) is 2.97. The highest BCUT2D eigenvalue weighted by Crippen LogP contribution is 2.74. The van der Waals surface area contributed by atoms with E-state index in [1.165, 1.54) is 70.6 Å². The Morgan fingerprint density at radius 2 is 1.71 bits per heavy atom. The summed E-state index contributed by atoms with van der Waals surface area (Å²) in [7, 11) is 0. The molecule has 0 heteroatoms. The SMILES string of the molecule is C=CCC[C@@H](C)C1=C2CC[C@@H]3[C@@]4(C)CCCC(C)(C)[C@@H]4CC[C@@]3(C)[C@]2(C)CC1. The molecule has 0 N–H and O–H groups in total. The van der Waals surface area contributed by atoms with Crippen LogP contribution >= 0.6 is 0 Å². The van der Waals surface area contributed by atoms with Gasteiger partial charge in [0.2, 0.25) is 0 Å². The molecule has 158 valence electrons. The summed E-state index contributed by atoms with van der Waals surface area (Å²) in [6.07, 6.45) is 17.6. The van der Waals surface area contributed by atoms with Gasteiger partial charge in [0.05, 0.1) is 0 Å². The minimum Gasteiger partial charge on any atom is -0.103 e. The molecule has 0 heterocycles. The van der Waals surface area contributed by atoms with Crippen molar-refractivity contribution in [1.29, 1.82) is 0 Å². The number of fused-ring (bicyclic) bond motifs is 5. The second-order valence-corrected chi connectivity index (χ2v) is 12.6. The zero-order valence-electron chi connectivity index (χ0n) is 19.8. The van der Waals surface area contributed by atoms with E-state index in [0.717, 1.165) is 17.8 Å². The lowest BCUT2D eigenvalue weighted by Gasteiger charge is -2.68. The van der Waals surface area contributed by atoms with Crippen molar-refractivity contribution in [3.63, 3.8) is 0 Å². The maximum atomic E-state index is 3.96. The summed E-state index contributed by atoms with van der Waals surface area (Å²) in [5.41, 5.74) is 5.87. The van der Waals surface area contributed by atoms with Crippen LogP contribution in [0.25, 0.3) is 0 Å². The van der Waals surface area contributed by atoms with Crippen molar-refractivity contribution in [1.82, 2.24) is 0 Å². The predicted molar refractivity (Wildman–Crippen MR) is 122 cm³/mol. The van der Waals surface area contributed by atoms with Gasteiger partial charge in [-0.05, 0) is 104 Å². The van der Waals surface area contributed by atoms with Crippen molar-refractivity contribution < 1.29 is 0 Å². The normalized spacial score (nSPS) is 45.8. The van der Waals surface area contributed by atoms with Crippen LogP contribution in [-0.2, 0) is 0 Å². The maximum absolute atomic E-state index is 3.96. The van der Waals surface area contributed by atoms with Gasteiger partial charge in [-0.15, -0.1) is 6.58 Å². The smallest absolute Gasteiger partial charge is 0.00539 e. The van der Waals surface area contributed by atoms with E-state index in [2.05, 4.69) is 54.2 Å². The molecule has 4 aliphatic carbocycles. The van der Waals surface area contributed by atoms with E-state index in [-0.39, 0.29) is 0 Å². The fourth-order valence-corrected chi connectivity index (χ4v) is 9.44. The van der Waals surface area contributed by atoms with Crippen LogP contribution in [0.3, 0.4) is 0 Å². The van der Waals surface area contributed by atoms with Crippen molar-refractivity contribution in [3.8, 4) is 0 Å². The fraction of sp³-hybridized carbons (Fsp3) is 0.857. The largest absolute Gasteiger partial charge is 0.103 e. The van der Waals surface area contributed by atoms with Gasteiger partial charge in [-0.2, -0.15) is 0 Å². The molecule has 0 amide bonds. The van der Waals surface area contributed by atoms with E-state index in [1.54, 1.807) is 0 Å². The highest BCUT2D eigenvalue weighted by atomic mass is 14.7. The van der Waals surface area contributed by atoms with Crippen LogP contribution in [0.4, 0.5) is 0 Å². The second kappa shape index (κ2) is 6.75. The molecule has 0 spiro atoms. The van der Waals surface area contributed by atoms with Crippen molar-refractivity contribution in [2.45, 2.75) is 112 Å². The Bertz CT molecular complexity index is 666. The first kappa shape index (κ1) is 20.7. The Morgan fingerprint density at radius 1 is 0.964 bits per heavy atom. The predicted octanol–water partition coefficient (Wildman–Crippen LogP) is 8.73. The first-order chi connectivity index (χ1) is 13.1. The third kappa shape index (κ3) is 2.68. The van der Waals surface area contributed by atoms with Gasteiger partial charge in [-0.1, -0.05) is 65.2 Å². The summed E-state index contributed by atoms with van der Waals surface area (Å²) in [6, 6.07) is 0. The number of rotatable bonds is 4. The van der Waals surface area contributed by atoms with Gasteiger partial charge in [0.15, 0.2) is 0 Å². The molecule has 3 saturated carbocycles. The van der Waals surface area contributed by atoms with Crippen LogP contribution in [-0.4, -0.2) is 0 Å². The Hall–Kier alpha value is -0.520. The Labute approximate surface area is 175 Å². The molecular weight excluding hydrogens is 336 g/mol. The second-order valence-electron chi connectivity index (χ2n) is 12.6. The topological polar surface area (TPSA) is 0 Å². The molecule has 0 unspecified atom stereocenters. The molecule has 3 fully saturated rings. The quantitative estimate of drug-likeness (QED) is 0.426. The number of hydrogen-bond donors (Lipinski definition) is 0. The van der Waals surface area contributed by atoms with Gasteiger partial charge in [-0.25, -0.2) is 0 Å². The lowest BCUT2D eigenvalue weighted by atomic mass is 9.36. The molecule has 6 atom stereocenters. The summed E-state index contributed by atoms with van der Waals surface area (Å²) in [5, 5.41) is 0. The Morgan fingerprint density at radius 3 is 2.43 bits per heavy atom. The van der Waals surface area contributed by atoms with Crippen LogP contribution in [0.1, 0.15) is 112 Å². The minimum absolute atomic E-state index is 0.462. The van der Waals surface area contributed by atoms with Crippen LogP contribution in [0.15, 0.2) is 23.8 Å². The van der Waals surface area contributed by atoms with Crippen LogP contribution < -0.4 is 0 Å². The van der Waals surface area contributed by atoms with Gasteiger partial charge in [0.25, 0.3) is 0 Å². The summed E-state index contributed by atoms with van der Waals surface area (Å²) in [6.45, 7) is 19.8. The monoisotopic (exact) mass is 382 g/mol. The van der Waals surface area contributed by atoms with Crippen LogP contribution in [0.5, 0.6) is 0 Å². The van der Waals surface area contributed by atoms with Gasteiger partial charge < -0.3 is 0 Å². The van der Waals surface area contributed by atoms with Crippen molar-refractivity contribution in [2.24, 2.45) is 39.4 Å². The summed E-state index contributed by atoms with van der Waals surface area (Å²) < 4.78 is 0. The zero-order valence-corrected chi connectivity index (χ0v) is 19.8. The Kier molecular flexibility index (Phi) is 5.00. The molecule has 0 aromatic heterocycles. The number of allylic oxidation sites excluding steroid dienone is 3. The number of hydrogen-bond acceptors (Lipinski definition) is 0. The molecule has 0 aromatic carbocycles. The lowest BCUT2D eigenvalue weighted by molar-refractivity contribution is -0.173. The van der Waals surface area contributed by atoms with E-state index in [9.17, 15) is 0 Å². The lowest BCUT2D eigenvalue weighted by Crippen LogP contribution is -2.60. The van der Waals surface area contributed by atoms with Gasteiger partial charge in [0.1, 0.15) is 0 Å². The van der Waals surface area contributed by atoms with Gasteiger partial charge >= 0.3 is 0 Å². The first-order valence-electron chi connectivity index (χ1n) is 12.4. The fourth-order valence-electron chi connectivity index (χ4n) is 9.44. The highest BCUT2D eigenvalue weighted by molar-refractivity contribution is 5.35. The van der Waals surface area contributed by atoms with Crippen LogP contribution in [0.2, 0.25) is 0 Å². The third-order valence-electron chi connectivity index (χ3n) is 11.1. The van der Waals surface area contributed by atoms with E-state index in [1.807, 2.05) is 11.1 Å². The molecule has 4 aliphatic rings. The zero-order chi connectivity index (χ0) is 20.4. The molecule has 0 aliphatic heterocycles. The molecule has 0 nitrogen and oxygen atoms in total. The van der Waals surface area contributed by atoms with Gasteiger partial charge in [0, 0.05) is 0 Å². The van der Waals surface area contributed by atoms with E-state index in [0.29, 0.717) is 21.7 Å². The summed E-state index contributed by atoms with van der Waals surface area (Å²) in [4.78, 5) is 0. The van der Waals surface area contributed by atoms with Crippen molar-refractivity contribution in [2.75, 3.05) is 0 Å². The standard InChI is InChI=1S/C28H46/c1-8-9-11-20(2)21-14-18-27(6)22(21)12-13-24-26(5)17-10-16-25(3,4)23(26)15-19-28(24,27)7/h8,20,23-24H,1,9-19H2,2-7H3/t20-,23+,24-,26+,27-,28-/m1/s1. The molecule has 4 rings (SSSR count). The minimum atomic E-state index is 0.462.